The molecule has 2 aliphatic heterocycles. The van der Waals surface area contributed by atoms with E-state index in [1.54, 1.807) is 16.7 Å². The van der Waals surface area contributed by atoms with E-state index >= 15 is 0 Å². The molecule has 2 N–H and O–H groups in total. The summed E-state index contributed by atoms with van der Waals surface area (Å²) in [5.41, 5.74) is 2.57. The molecule has 0 unspecified atom stereocenters. The van der Waals surface area contributed by atoms with Crippen LogP contribution in [0.5, 0.6) is 0 Å². The van der Waals surface area contributed by atoms with E-state index in [1.807, 2.05) is 24.3 Å². The lowest BCUT2D eigenvalue weighted by molar-refractivity contribution is 0.0309. The Morgan fingerprint density at radius 2 is 1.97 bits per heavy atom. The fourth-order valence-corrected chi connectivity index (χ4v) is 4.03. The van der Waals surface area contributed by atoms with Crippen molar-refractivity contribution in [3.8, 4) is 11.4 Å². The van der Waals surface area contributed by atoms with Gasteiger partial charge in [0.05, 0.1) is 48.9 Å². The highest BCUT2D eigenvalue weighted by Gasteiger charge is 2.29. The van der Waals surface area contributed by atoms with Crippen molar-refractivity contribution < 1.29 is 14.6 Å². The monoisotopic (exact) mass is 457 g/mol. The minimum absolute atomic E-state index is 0.155. The van der Waals surface area contributed by atoms with Crippen LogP contribution in [0.4, 0.5) is 16.3 Å². The van der Waals surface area contributed by atoms with Crippen molar-refractivity contribution >= 4 is 29.3 Å². The average Bonchev–Trinajstić information content (AvgIpc) is 2.77. The minimum Gasteiger partial charge on any atom is -0.389 e. The molecule has 9 heteroatoms. The molecule has 1 aromatic carbocycles. The summed E-state index contributed by atoms with van der Waals surface area (Å²) in [6.07, 6.45) is 1.68. The highest BCUT2D eigenvalue weighted by Crippen LogP contribution is 2.35. The van der Waals surface area contributed by atoms with Gasteiger partial charge in [-0.05, 0) is 51.3 Å². The topological polar surface area (TPSA) is 90.8 Å². The van der Waals surface area contributed by atoms with Crippen molar-refractivity contribution in [2.75, 3.05) is 49.3 Å². The van der Waals surface area contributed by atoms with Crippen LogP contribution in [0.3, 0.4) is 0 Å². The second-order valence-corrected chi connectivity index (χ2v) is 10.3. The van der Waals surface area contributed by atoms with Gasteiger partial charge in [-0.25, -0.2) is 14.8 Å². The van der Waals surface area contributed by atoms with Crippen molar-refractivity contribution in [1.82, 2.24) is 14.9 Å². The molecule has 0 spiro atoms. The first-order chi connectivity index (χ1) is 15.3. The number of nitrogens with zero attached hydrogens (tertiary/aromatic N) is 4. The average molecular weight is 458 g/mol. The first kappa shape index (κ1) is 22.8. The maximum Gasteiger partial charge on any atom is 0.322 e. The van der Waals surface area contributed by atoms with Gasteiger partial charge in [-0.3, -0.25) is 0 Å². The Morgan fingerprint density at radius 3 is 2.59 bits per heavy atom. The highest BCUT2D eigenvalue weighted by atomic mass is 32.2. The largest absolute Gasteiger partial charge is 0.389 e. The number of carbonyl (C=O) groups excluding carboxylic acids is 1. The lowest BCUT2D eigenvalue weighted by atomic mass is 10.1. The van der Waals surface area contributed by atoms with Crippen LogP contribution < -0.4 is 10.2 Å². The normalized spacial score (nSPS) is 19.6. The molecule has 0 aliphatic carbocycles. The van der Waals surface area contributed by atoms with Crippen LogP contribution in [0.25, 0.3) is 11.4 Å². The zero-order chi connectivity index (χ0) is 22.9. The molecule has 8 nitrogen and oxygen atoms in total. The summed E-state index contributed by atoms with van der Waals surface area (Å²) in [6, 6.07) is 9.71. The zero-order valence-corrected chi connectivity index (χ0v) is 19.9. The van der Waals surface area contributed by atoms with Gasteiger partial charge in [0.15, 0.2) is 5.82 Å². The molecule has 0 saturated carbocycles. The summed E-state index contributed by atoms with van der Waals surface area (Å²) in [6.45, 7) is 9.40. The van der Waals surface area contributed by atoms with E-state index in [4.69, 9.17) is 14.7 Å². The number of urea groups is 1. The van der Waals surface area contributed by atoms with E-state index in [1.165, 1.54) is 0 Å². The fraction of sp³-hybridized carbons (Fsp3) is 0.522. The number of aliphatic hydroxyl groups is 1. The molecule has 2 aliphatic rings. The molecule has 1 atom stereocenters. The summed E-state index contributed by atoms with van der Waals surface area (Å²) < 4.78 is 5.45. The van der Waals surface area contributed by atoms with E-state index < -0.39 is 6.10 Å². The summed E-state index contributed by atoms with van der Waals surface area (Å²) in [5, 5.41) is 12.2. The Kier molecular flexibility index (Phi) is 6.60. The van der Waals surface area contributed by atoms with Crippen molar-refractivity contribution in [1.29, 1.82) is 0 Å². The van der Waals surface area contributed by atoms with Crippen molar-refractivity contribution in [3.63, 3.8) is 0 Å². The van der Waals surface area contributed by atoms with Gasteiger partial charge in [0.25, 0.3) is 0 Å². The number of hydrogen-bond donors (Lipinski definition) is 2. The number of morpholine rings is 1. The molecule has 32 heavy (non-hydrogen) atoms. The Morgan fingerprint density at radius 1 is 1.25 bits per heavy atom. The molecular weight excluding hydrogens is 426 g/mol. The zero-order valence-electron chi connectivity index (χ0n) is 19.0. The number of β-amino-alcohol motifs (C(OH)–C–C–N with tert-alkyl or cyclic N) is 1. The van der Waals surface area contributed by atoms with Crippen LogP contribution in [-0.4, -0.2) is 77.3 Å². The highest BCUT2D eigenvalue weighted by molar-refractivity contribution is 7.99. The van der Waals surface area contributed by atoms with Crippen molar-refractivity contribution in [2.24, 2.45) is 0 Å². The summed E-state index contributed by atoms with van der Waals surface area (Å²) in [4.78, 5) is 25.9. The van der Waals surface area contributed by atoms with Gasteiger partial charge in [0.2, 0.25) is 0 Å². The number of benzene rings is 1. The molecule has 2 amide bonds. The Labute approximate surface area is 193 Å². The summed E-state index contributed by atoms with van der Waals surface area (Å²) in [7, 11) is 0. The van der Waals surface area contributed by atoms with Gasteiger partial charge in [-0.15, -0.1) is 0 Å². The Hall–Kier alpha value is -2.36. The SMILES string of the molecule is CSC(C)(C)c1cc(N2CCOC[C@@H]2C)nc(-c2ccc(NC(=O)N3CC(O)C3)cc2)n1. The fourth-order valence-electron chi connectivity index (χ4n) is 3.72. The van der Waals surface area contributed by atoms with Crippen molar-refractivity contribution in [2.45, 2.75) is 37.7 Å². The van der Waals surface area contributed by atoms with Crippen LogP contribution in [0.1, 0.15) is 26.5 Å². The van der Waals surface area contributed by atoms with Gasteiger partial charge in [0, 0.05) is 23.9 Å². The minimum atomic E-state index is -0.415. The number of ether oxygens (including phenoxy) is 1. The second kappa shape index (κ2) is 9.25. The summed E-state index contributed by atoms with van der Waals surface area (Å²) in [5.74, 6) is 1.58. The molecule has 2 saturated heterocycles. The quantitative estimate of drug-likeness (QED) is 0.713. The Balaban J connectivity index is 1.60. The smallest absolute Gasteiger partial charge is 0.322 e. The molecular formula is C23H31N5O3S. The molecule has 1 aromatic heterocycles. The Bertz CT molecular complexity index is 963. The lowest BCUT2D eigenvalue weighted by Crippen LogP contribution is -2.54. The molecule has 3 heterocycles. The summed E-state index contributed by atoms with van der Waals surface area (Å²) >= 11 is 1.76. The number of nitrogens with one attached hydrogen (secondary N) is 1. The van der Waals surface area contributed by atoms with Gasteiger partial charge in [-0.2, -0.15) is 11.8 Å². The van der Waals surface area contributed by atoms with E-state index in [0.29, 0.717) is 37.8 Å². The number of aromatic nitrogens is 2. The van der Waals surface area contributed by atoms with Crippen LogP contribution in [0.2, 0.25) is 0 Å². The third-order valence-corrected chi connectivity index (χ3v) is 7.28. The third kappa shape index (κ3) is 4.84. The van der Waals surface area contributed by atoms with E-state index in [2.05, 4.69) is 43.3 Å². The van der Waals surface area contributed by atoms with Crippen LogP contribution in [0, 0.1) is 0 Å². The molecule has 4 rings (SSSR count). The second-order valence-electron chi connectivity index (χ2n) is 8.83. The van der Waals surface area contributed by atoms with E-state index in [9.17, 15) is 9.90 Å². The van der Waals surface area contributed by atoms with E-state index in [0.717, 1.165) is 23.6 Å². The van der Waals surface area contributed by atoms with Crippen LogP contribution >= 0.6 is 11.8 Å². The number of amides is 2. The molecule has 0 bridgehead atoms. The number of aliphatic hydroxyl groups excluding tert-OH is 1. The van der Waals surface area contributed by atoms with E-state index in [-0.39, 0.29) is 16.8 Å². The molecule has 2 fully saturated rings. The number of thioether (sulfide) groups is 1. The molecule has 0 radical (unpaired) electrons. The van der Waals surface area contributed by atoms with Gasteiger partial charge in [-0.1, -0.05) is 0 Å². The lowest BCUT2D eigenvalue weighted by Gasteiger charge is -2.35. The van der Waals surface area contributed by atoms with Crippen molar-refractivity contribution in [3.05, 3.63) is 36.0 Å². The molecule has 2 aromatic rings. The third-order valence-electron chi connectivity index (χ3n) is 6.05. The first-order valence-electron chi connectivity index (χ1n) is 10.9. The standard InChI is InChI=1S/C23H31N5O3S/c1-15-14-31-10-9-28(15)20-11-19(23(2,3)32-4)25-21(26-20)16-5-7-17(8-6-16)24-22(30)27-12-18(29)13-27/h5-8,11,15,18,29H,9-10,12-14H2,1-4H3,(H,24,30)/t15-/m0/s1. The predicted octanol–water partition coefficient (Wildman–Crippen LogP) is 3.18. The van der Waals surface area contributed by atoms with Crippen LogP contribution in [-0.2, 0) is 9.48 Å². The molecule has 172 valence electrons. The van der Waals surface area contributed by atoms with Gasteiger partial charge in [0.1, 0.15) is 5.82 Å². The number of carbonyl (C=O) groups is 1. The van der Waals surface area contributed by atoms with Gasteiger partial charge < -0.3 is 25.0 Å². The predicted molar refractivity (Wildman–Crippen MR) is 128 cm³/mol. The van der Waals surface area contributed by atoms with Crippen LogP contribution in [0.15, 0.2) is 30.3 Å². The number of likely N-dealkylation sites (tertiary alicyclic amines) is 1. The maximum atomic E-state index is 12.2. The first-order valence-corrected chi connectivity index (χ1v) is 12.1. The number of anilines is 2. The maximum absolute atomic E-state index is 12.2. The van der Waals surface area contributed by atoms with Gasteiger partial charge >= 0.3 is 6.03 Å². The number of rotatable bonds is 5. The number of hydrogen-bond acceptors (Lipinski definition) is 7.